The summed E-state index contributed by atoms with van der Waals surface area (Å²) in [6.45, 7) is 3.65. The first-order chi connectivity index (χ1) is 9.03. The molecule has 0 spiro atoms. The van der Waals surface area contributed by atoms with Gasteiger partial charge in [-0.2, -0.15) is 0 Å². The maximum absolute atomic E-state index is 12.2. The Morgan fingerprint density at radius 1 is 1.47 bits per heavy atom. The summed E-state index contributed by atoms with van der Waals surface area (Å²) < 4.78 is 32.1. The van der Waals surface area contributed by atoms with E-state index in [0.29, 0.717) is 18.3 Å². The summed E-state index contributed by atoms with van der Waals surface area (Å²) in [5.74, 6) is 0.717. The molecule has 2 N–H and O–H groups in total. The van der Waals surface area contributed by atoms with Crippen LogP contribution >= 0.6 is 0 Å². The van der Waals surface area contributed by atoms with E-state index in [-0.39, 0.29) is 10.9 Å². The predicted molar refractivity (Wildman–Crippen MR) is 71.5 cm³/mol. The minimum absolute atomic E-state index is 0.0825. The SMILES string of the molecule is COc1ccc(S(=O)(=O)NC2CNCCC2C)cn1. The van der Waals surface area contributed by atoms with Crippen LogP contribution in [0.5, 0.6) is 5.88 Å². The molecule has 0 amide bonds. The highest BCUT2D eigenvalue weighted by Gasteiger charge is 2.26. The second-order valence-corrected chi connectivity index (χ2v) is 6.45. The van der Waals surface area contributed by atoms with E-state index in [1.807, 2.05) is 0 Å². The van der Waals surface area contributed by atoms with Gasteiger partial charge < -0.3 is 10.1 Å². The molecule has 2 rings (SSSR count). The van der Waals surface area contributed by atoms with Gasteiger partial charge in [0.2, 0.25) is 15.9 Å². The Bertz CT molecular complexity index is 516. The lowest BCUT2D eigenvalue weighted by Crippen LogP contribution is -2.50. The molecule has 7 heteroatoms. The summed E-state index contributed by atoms with van der Waals surface area (Å²) in [6, 6.07) is 2.95. The molecular formula is C12H19N3O3S. The third-order valence-corrected chi connectivity index (χ3v) is 4.84. The largest absolute Gasteiger partial charge is 0.481 e. The Balaban J connectivity index is 2.12. The Morgan fingerprint density at radius 2 is 2.26 bits per heavy atom. The van der Waals surface area contributed by atoms with Crippen LogP contribution in [-0.2, 0) is 10.0 Å². The molecule has 6 nitrogen and oxygen atoms in total. The van der Waals surface area contributed by atoms with Crippen LogP contribution in [0.1, 0.15) is 13.3 Å². The molecule has 2 heterocycles. The lowest BCUT2D eigenvalue weighted by molar-refractivity contribution is 0.327. The Morgan fingerprint density at radius 3 is 2.84 bits per heavy atom. The predicted octanol–water partition coefficient (Wildman–Crippen LogP) is 0.366. The number of hydrogen-bond acceptors (Lipinski definition) is 5. The van der Waals surface area contributed by atoms with Crippen LogP contribution in [0.4, 0.5) is 0 Å². The summed E-state index contributed by atoms with van der Waals surface area (Å²) in [5.41, 5.74) is 0. The summed E-state index contributed by atoms with van der Waals surface area (Å²) in [5, 5.41) is 3.19. The third kappa shape index (κ3) is 3.43. The molecule has 1 aliphatic heterocycles. The molecule has 1 aromatic heterocycles. The number of nitrogens with one attached hydrogen (secondary N) is 2. The lowest BCUT2D eigenvalue weighted by Gasteiger charge is -2.29. The van der Waals surface area contributed by atoms with Crippen LogP contribution in [0.25, 0.3) is 0 Å². The van der Waals surface area contributed by atoms with Gasteiger partial charge in [0.05, 0.1) is 13.3 Å². The van der Waals surface area contributed by atoms with Crippen LogP contribution in [-0.4, -0.2) is 39.6 Å². The molecule has 0 aromatic carbocycles. The van der Waals surface area contributed by atoms with Crippen molar-refractivity contribution in [1.82, 2.24) is 15.0 Å². The molecule has 0 aliphatic carbocycles. The van der Waals surface area contributed by atoms with Crippen molar-refractivity contribution in [3.8, 4) is 5.88 Å². The van der Waals surface area contributed by atoms with E-state index < -0.39 is 10.0 Å². The van der Waals surface area contributed by atoms with E-state index in [9.17, 15) is 8.42 Å². The van der Waals surface area contributed by atoms with Gasteiger partial charge in [-0.05, 0) is 24.9 Å². The molecule has 1 aliphatic rings. The average Bonchev–Trinajstić information content (AvgIpc) is 2.41. The zero-order valence-electron chi connectivity index (χ0n) is 11.1. The molecule has 2 unspecified atom stereocenters. The minimum Gasteiger partial charge on any atom is -0.481 e. The number of pyridine rings is 1. The maximum Gasteiger partial charge on any atom is 0.242 e. The molecule has 0 saturated carbocycles. The highest BCUT2D eigenvalue weighted by Crippen LogP contribution is 2.16. The first-order valence-corrected chi connectivity index (χ1v) is 7.74. The molecule has 2 atom stereocenters. The van der Waals surface area contributed by atoms with Gasteiger partial charge in [0, 0.05) is 18.7 Å². The number of sulfonamides is 1. The quantitative estimate of drug-likeness (QED) is 0.835. The number of hydrogen-bond donors (Lipinski definition) is 2. The standard InChI is InChI=1S/C12H19N3O3S/c1-9-5-6-13-8-11(9)15-19(16,17)10-3-4-12(18-2)14-7-10/h3-4,7,9,11,13,15H,5-6,8H2,1-2H3. The summed E-state index contributed by atoms with van der Waals surface area (Å²) >= 11 is 0. The second-order valence-electron chi connectivity index (χ2n) is 4.73. The molecule has 0 radical (unpaired) electrons. The van der Waals surface area contributed by atoms with Crippen molar-refractivity contribution in [2.75, 3.05) is 20.2 Å². The Hall–Kier alpha value is -1.18. The third-order valence-electron chi connectivity index (χ3n) is 3.36. The highest BCUT2D eigenvalue weighted by molar-refractivity contribution is 7.89. The first kappa shape index (κ1) is 14.2. The van der Waals surface area contributed by atoms with E-state index in [1.54, 1.807) is 0 Å². The smallest absolute Gasteiger partial charge is 0.242 e. The highest BCUT2D eigenvalue weighted by atomic mass is 32.2. The monoisotopic (exact) mass is 285 g/mol. The molecule has 1 fully saturated rings. The van der Waals surface area contributed by atoms with E-state index in [0.717, 1.165) is 13.0 Å². The maximum atomic E-state index is 12.2. The van der Waals surface area contributed by atoms with Crippen molar-refractivity contribution in [3.05, 3.63) is 18.3 Å². The zero-order valence-corrected chi connectivity index (χ0v) is 11.9. The van der Waals surface area contributed by atoms with Crippen molar-refractivity contribution in [3.63, 3.8) is 0 Å². The van der Waals surface area contributed by atoms with Gasteiger partial charge >= 0.3 is 0 Å². The molecule has 19 heavy (non-hydrogen) atoms. The minimum atomic E-state index is -3.53. The molecule has 1 aromatic rings. The van der Waals surface area contributed by atoms with Gasteiger partial charge in [-0.1, -0.05) is 6.92 Å². The zero-order chi connectivity index (χ0) is 13.9. The van der Waals surface area contributed by atoms with E-state index >= 15 is 0 Å². The molecule has 1 saturated heterocycles. The van der Waals surface area contributed by atoms with Crippen LogP contribution in [0.15, 0.2) is 23.2 Å². The van der Waals surface area contributed by atoms with Gasteiger partial charge in [-0.25, -0.2) is 18.1 Å². The number of aromatic nitrogens is 1. The molecule has 0 bridgehead atoms. The normalized spacial score (nSPS) is 24.1. The van der Waals surface area contributed by atoms with Crippen molar-refractivity contribution in [2.24, 2.45) is 5.92 Å². The van der Waals surface area contributed by atoms with Crippen molar-refractivity contribution in [2.45, 2.75) is 24.3 Å². The van der Waals surface area contributed by atoms with Crippen LogP contribution < -0.4 is 14.8 Å². The van der Waals surface area contributed by atoms with Gasteiger partial charge in [-0.3, -0.25) is 0 Å². The molecular weight excluding hydrogens is 266 g/mol. The number of piperidine rings is 1. The topological polar surface area (TPSA) is 80.3 Å². The van der Waals surface area contributed by atoms with Crippen LogP contribution in [0.3, 0.4) is 0 Å². The van der Waals surface area contributed by atoms with Crippen molar-refractivity contribution < 1.29 is 13.2 Å². The fourth-order valence-electron chi connectivity index (χ4n) is 2.06. The second kappa shape index (κ2) is 5.85. The summed E-state index contributed by atoms with van der Waals surface area (Å²) in [4.78, 5) is 4.08. The number of methoxy groups -OCH3 is 1. The molecule has 106 valence electrons. The number of nitrogens with zero attached hydrogens (tertiary/aromatic N) is 1. The summed E-state index contributed by atoms with van der Waals surface area (Å²) in [6.07, 6.45) is 2.27. The van der Waals surface area contributed by atoms with Gasteiger partial charge in [-0.15, -0.1) is 0 Å². The summed E-state index contributed by atoms with van der Waals surface area (Å²) in [7, 11) is -2.04. The fourth-order valence-corrected chi connectivity index (χ4v) is 3.35. The van der Waals surface area contributed by atoms with E-state index in [4.69, 9.17) is 4.74 Å². The van der Waals surface area contributed by atoms with Crippen molar-refractivity contribution in [1.29, 1.82) is 0 Å². The van der Waals surface area contributed by atoms with Crippen LogP contribution in [0.2, 0.25) is 0 Å². The van der Waals surface area contributed by atoms with Crippen LogP contribution in [0, 0.1) is 5.92 Å². The number of ether oxygens (including phenoxy) is 1. The Kier molecular flexibility index (Phi) is 4.38. The van der Waals surface area contributed by atoms with Gasteiger partial charge in [0.1, 0.15) is 4.90 Å². The van der Waals surface area contributed by atoms with E-state index in [1.165, 1.54) is 25.4 Å². The van der Waals surface area contributed by atoms with E-state index in [2.05, 4.69) is 21.9 Å². The number of rotatable bonds is 4. The first-order valence-electron chi connectivity index (χ1n) is 6.26. The van der Waals surface area contributed by atoms with Gasteiger partial charge in [0.15, 0.2) is 0 Å². The van der Waals surface area contributed by atoms with Crippen molar-refractivity contribution >= 4 is 10.0 Å². The lowest BCUT2D eigenvalue weighted by atomic mass is 9.96. The van der Waals surface area contributed by atoms with Gasteiger partial charge in [0.25, 0.3) is 0 Å². The average molecular weight is 285 g/mol. The Labute approximate surface area is 113 Å². The fraction of sp³-hybridized carbons (Fsp3) is 0.583.